The highest BCUT2D eigenvalue weighted by Gasteiger charge is 2.19. The van der Waals surface area contributed by atoms with E-state index in [9.17, 15) is 19.7 Å². The summed E-state index contributed by atoms with van der Waals surface area (Å²) in [6.07, 6.45) is 0.575. The van der Waals surface area contributed by atoms with Gasteiger partial charge < -0.3 is 9.15 Å². The zero-order chi connectivity index (χ0) is 19.7. The van der Waals surface area contributed by atoms with Crippen molar-refractivity contribution in [1.29, 1.82) is 0 Å². The molecule has 0 aliphatic carbocycles. The molecule has 1 heterocycles. The summed E-state index contributed by atoms with van der Waals surface area (Å²) in [5, 5.41) is 11.4. The molecule has 3 rings (SSSR count). The van der Waals surface area contributed by atoms with E-state index in [0.717, 1.165) is 22.6 Å². The maximum absolute atomic E-state index is 12.5. The molecule has 0 bridgehead atoms. The maximum atomic E-state index is 12.5. The highest BCUT2D eigenvalue weighted by atomic mass is 35.5. The van der Waals surface area contributed by atoms with E-state index in [4.69, 9.17) is 20.8 Å². The molecule has 8 heteroatoms. The Kier molecular flexibility index (Phi) is 4.96. The average molecular weight is 388 g/mol. The van der Waals surface area contributed by atoms with Gasteiger partial charge in [-0.2, -0.15) is 0 Å². The third-order valence-corrected chi connectivity index (χ3v) is 4.41. The Bertz CT molecular complexity index is 1130. The minimum Gasteiger partial charge on any atom is -0.423 e. The summed E-state index contributed by atoms with van der Waals surface area (Å²) in [5.74, 6) is -0.530. The molecular weight excluding hydrogens is 374 g/mol. The summed E-state index contributed by atoms with van der Waals surface area (Å²) in [7, 11) is 0. The van der Waals surface area contributed by atoms with Crippen molar-refractivity contribution in [2.75, 3.05) is 0 Å². The molecule has 2 aromatic carbocycles. The number of nitro benzene ring substituents is 1. The molecule has 0 amide bonds. The maximum Gasteiger partial charge on any atom is 0.345 e. The zero-order valence-corrected chi connectivity index (χ0v) is 15.2. The van der Waals surface area contributed by atoms with Crippen molar-refractivity contribution in [3.05, 3.63) is 78.6 Å². The molecule has 3 aromatic rings. The van der Waals surface area contributed by atoms with Gasteiger partial charge in [-0.05, 0) is 36.6 Å². The quantitative estimate of drug-likeness (QED) is 0.215. The van der Waals surface area contributed by atoms with Gasteiger partial charge in [0.2, 0.25) is 0 Å². The molecule has 0 fully saturated rings. The number of carbonyl (C=O) groups excluding carboxylic acids is 1. The van der Waals surface area contributed by atoms with E-state index in [1.54, 1.807) is 13.0 Å². The molecule has 0 radical (unpaired) electrons. The van der Waals surface area contributed by atoms with E-state index >= 15 is 0 Å². The highest BCUT2D eigenvalue weighted by molar-refractivity contribution is 6.33. The third-order valence-electron chi connectivity index (χ3n) is 4.10. The fraction of sp³-hybridized carbons (Fsp3) is 0.158. The number of esters is 1. The van der Waals surface area contributed by atoms with Crippen molar-refractivity contribution in [1.82, 2.24) is 0 Å². The van der Waals surface area contributed by atoms with Gasteiger partial charge in [-0.15, -0.1) is 0 Å². The van der Waals surface area contributed by atoms with Crippen LogP contribution in [0.3, 0.4) is 0 Å². The highest BCUT2D eigenvalue weighted by Crippen LogP contribution is 2.30. The molecule has 7 nitrogen and oxygen atoms in total. The molecule has 0 atom stereocenters. The number of ether oxygens (including phenoxy) is 1. The van der Waals surface area contributed by atoms with Crippen LogP contribution in [-0.2, 0) is 6.42 Å². The smallest absolute Gasteiger partial charge is 0.345 e. The second-order valence-electron chi connectivity index (χ2n) is 5.87. The van der Waals surface area contributed by atoms with Gasteiger partial charge in [0, 0.05) is 29.7 Å². The first-order chi connectivity index (χ1) is 12.8. The van der Waals surface area contributed by atoms with Crippen LogP contribution in [0.1, 0.15) is 28.4 Å². The number of benzene rings is 2. The van der Waals surface area contributed by atoms with E-state index in [1.165, 1.54) is 24.3 Å². The van der Waals surface area contributed by atoms with E-state index in [2.05, 4.69) is 0 Å². The first-order valence-corrected chi connectivity index (χ1v) is 8.41. The molecule has 0 unspecified atom stereocenters. The molecule has 1 aromatic heterocycles. The summed E-state index contributed by atoms with van der Waals surface area (Å²) in [6.45, 7) is 3.69. The van der Waals surface area contributed by atoms with Crippen molar-refractivity contribution < 1.29 is 18.9 Å². The zero-order valence-electron chi connectivity index (χ0n) is 14.4. The van der Waals surface area contributed by atoms with Gasteiger partial charge >= 0.3 is 11.6 Å². The largest absolute Gasteiger partial charge is 0.423 e. The molecular formula is C19H14ClNO6. The molecule has 0 aliphatic heterocycles. The van der Waals surface area contributed by atoms with E-state index < -0.39 is 16.5 Å². The summed E-state index contributed by atoms with van der Waals surface area (Å²) in [4.78, 5) is 34.3. The number of fused-ring (bicyclic) bond motifs is 1. The number of aryl methyl sites for hydroxylation is 2. The lowest BCUT2D eigenvalue weighted by Gasteiger charge is -2.11. The fourth-order valence-electron chi connectivity index (χ4n) is 2.70. The van der Waals surface area contributed by atoms with Crippen LogP contribution in [0.4, 0.5) is 5.69 Å². The Morgan fingerprint density at radius 3 is 2.63 bits per heavy atom. The van der Waals surface area contributed by atoms with E-state index in [1.807, 2.05) is 6.92 Å². The van der Waals surface area contributed by atoms with Gasteiger partial charge in [0.15, 0.2) is 0 Å². The molecule has 0 aliphatic rings. The van der Waals surface area contributed by atoms with Crippen LogP contribution in [0.2, 0.25) is 5.02 Å². The number of halogens is 1. The van der Waals surface area contributed by atoms with Crippen molar-refractivity contribution in [3.63, 3.8) is 0 Å². The van der Waals surface area contributed by atoms with Crippen LogP contribution in [-0.4, -0.2) is 10.9 Å². The van der Waals surface area contributed by atoms with Gasteiger partial charge in [-0.25, -0.2) is 9.59 Å². The number of hydrogen-bond acceptors (Lipinski definition) is 6. The molecule has 27 heavy (non-hydrogen) atoms. The van der Waals surface area contributed by atoms with Crippen molar-refractivity contribution >= 4 is 34.2 Å². The first-order valence-electron chi connectivity index (χ1n) is 8.03. The van der Waals surface area contributed by atoms with Gasteiger partial charge in [0.25, 0.3) is 5.69 Å². The van der Waals surface area contributed by atoms with Gasteiger partial charge in [0.1, 0.15) is 11.3 Å². The van der Waals surface area contributed by atoms with Gasteiger partial charge in [-0.3, -0.25) is 10.1 Å². The van der Waals surface area contributed by atoms with Gasteiger partial charge in [-0.1, -0.05) is 18.5 Å². The van der Waals surface area contributed by atoms with Crippen molar-refractivity contribution in [2.24, 2.45) is 0 Å². The normalized spacial score (nSPS) is 10.8. The summed E-state index contributed by atoms with van der Waals surface area (Å²) < 4.78 is 10.6. The number of carbonyl (C=O) groups is 1. The van der Waals surface area contributed by atoms with Crippen LogP contribution >= 0.6 is 11.6 Å². The molecule has 0 saturated heterocycles. The topological polar surface area (TPSA) is 99.7 Å². The minimum absolute atomic E-state index is 0.00453. The van der Waals surface area contributed by atoms with Crippen LogP contribution in [0, 0.1) is 17.0 Å². The van der Waals surface area contributed by atoms with Crippen LogP contribution in [0.15, 0.2) is 45.6 Å². The second kappa shape index (κ2) is 7.20. The number of rotatable bonds is 4. The number of nitrogens with zero attached hydrogens (tertiary/aromatic N) is 1. The SMILES string of the molecule is CCc1cc2c(C)cc(=O)oc2cc1OC(=O)c1ccc([N+](=O)[O-])cc1Cl. The van der Waals surface area contributed by atoms with Crippen LogP contribution in [0.5, 0.6) is 5.75 Å². The number of hydrogen-bond donors (Lipinski definition) is 0. The Balaban J connectivity index is 2.02. The lowest BCUT2D eigenvalue weighted by atomic mass is 10.1. The molecule has 138 valence electrons. The summed E-state index contributed by atoms with van der Waals surface area (Å²) >= 11 is 5.98. The first kappa shape index (κ1) is 18.6. The minimum atomic E-state index is -0.765. The predicted molar refractivity (Wildman–Crippen MR) is 99.7 cm³/mol. The molecule has 0 N–H and O–H groups in total. The predicted octanol–water partition coefficient (Wildman–Crippen LogP) is 4.44. The van der Waals surface area contributed by atoms with Crippen molar-refractivity contribution in [3.8, 4) is 5.75 Å². The summed E-state index contributed by atoms with van der Waals surface area (Å²) in [6, 6.07) is 8.17. The Labute approximate surface area is 158 Å². The molecule has 0 spiro atoms. The van der Waals surface area contributed by atoms with E-state index in [-0.39, 0.29) is 22.0 Å². The Morgan fingerprint density at radius 1 is 1.26 bits per heavy atom. The van der Waals surface area contributed by atoms with Crippen molar-refractivity contribution in [2.45, 2.75) is 20.3 Å². The van der Waals surface area contributed by atoms with E-state index in [0.29, 0.717) is 12.0 Å². The van der Waals surface area contributed by atoms with Crippen LogP contribution in [0.25, 0.3) is 11.0 Å². The average Bonchev–Trinajstić information content (AvgIpc) is 2.60. The number of nitro groups is 1. The lowest BCUT2D eigenvalue weighted by molar-refractivity contribution is -0.384. The monoisotopic (exact) mass is 387 g/mol. The van der Waals surface area contributed by atoms with Crippen LogP contribution < -0.4 is 10.4 Å². The Hall–Kier alpha value is -3.19. The third kappa shape index (κ3) is 3.68. The second-order valence-corrected chi connectivity index (χ2v) is 6.28. The summed E-state index contributed by atoms with van der Waals surface area (Å²) in [5.41, 5.74) is 1.07. The van der Waals surface area contributed by atoms with Gasteiger partial charge in [0.05, 0.1) is 15.5 Å². The number of non-ortho nitro benzene ring substituents is 1. The molecule has 0 saturated carbocycles. The Morgan fingerprint density at radius 2 is 2.00 bits per heavy atom. The lowest BCUT2D eigenvalue weighted by Crippen LogP contribution is -2.11. The standard InChI is InChI=1S/C19H14ClNO6/c1-3-11-7-14-10(2)6-18(22)26-17(14)9-16(11)27-19(23)13-5-4-12(21(24)25)8-15(13)20/h4-9H,3H2,1-2H3. The fourth-order valence-corrected chi connectivity index (χ4v) is 2.95.